The number of fused-ring (bicyclic) bond motifs is 2. The van der Waals surface area contributed by atoms with Gasteiger partial charge in [-0.3, -0.25) is 0 Å². The average molecular weight is 261 g/mol. The van der Waals surface area contributed by atoms with E-state index in [-0.39, 0.29) is 0 Å². The second-order valence-corrected chi connectivity index (χ2v) is 7.44. The molecule has 3 atom stereocenters. The van der Waals surface area contributed by atoms with Crippen molar-refractivity contribution in [1.29, 1.82) is 0 Å². The van der Waals surface area contributed by atoms with Crippen molar-refractivity contribution in [2.75, 3.05) is 6.54 Å². The number of H-pyrrole nitrogens is 1. The van der Waals surface area contributed by atoms with Gasteiger partial charge in [-0.15, -0.1) is 0 Å². The van der Waals surface area contributed by atoms with Gasteiger partial charge in [0.15, 0.2) is 0 Å². The van der Waals surface area contributed by atoms with E-state index in [1.54, 1.807) is 0 Å². The largest absolute Gasteiger partial charge is 0.349 e. The van der Waals surface area contributed by atoms with Crippen molar-refractivity contribution in [3.05, 3.63) is 18.2 Å². The fraction of sp³-hybridized carbons (Fsp3) is 0.812. The Bertz CT molecular complexity index is 418. The maximum Gasteiger partial charge on any atom is 0.106 e. The normalized spacial score (nSPS) is 35.9. The van der Waals surface area contributed by atoms with E-state index in [4.69, 9.17) is 0 Å². The number of hydrogen-bond acceptors (Lipinski definition) is 2. The van der Waals surface area contributed by atoms with Crippen molar-refractivity contribution >= 4 is 0 Å². The number of nitrogens with one attached hydrogen (secondary N) is 2. The van der Waals surface area contributed by atoms with E-state index >= 15 is 0 Å². The molecule has 1 aromatic rings. The van der Waals surface area contributed by atoms with Gasteiger partial charge in [-0.05, 0) is 49.0 Å². The van der Waals surface area contributed by atoms with Crippen molar-refractivity contribution in [2.24, 2.45) is 16.7 Å². The molecule has 0 radical (unpaired) electrons. The van der Waals surface area contributed by atoms with Gasteiger partial charge < -0.3 is 10.3 Å². The maximum atomic E-state index is 4.28. The van der Waals surface area contributed by atoms with E-state index in [0.717, 1.165) is 24.7 Å². The Balaban J connectivity index is 1.52. The van der Waals surface area contributed by atoms with E-state index in [1.165, 1.54) is 25.7 Å². The van der Waals surface area contributed by atoms with Gasteiger partial charge in [-0.1, -0.05) is 20.8 Å². The first-order chi connectivity index (χ1) is 9.02. The molecule has 0 spiro atoms. The van der Waals surface area contributed by atoms with Crippen molar-refractivity contribution < 1.29 is 0 Å². The van der Waals surface area contributed by atoms with Gasteiger partial charge in [-0.25, -0.2) is 4.98 Å². The molecule has 3 heteroatoms. The summed E-state index contributed by atoms with van der Waals surface area (Å²) < 4.78 is 0. The Morgan fingerprint density at radius 3 is 2.89 bits per heavy atom. The van der Waals surface area contributed by atoms with E-state index in [9.17, 15) is 0 Å². The third-order valence-electron chi connectivity index (χ3n) is 5.76. The van der Waals surface area contributed by atoms with Gasteiger partial charge >= 0.3 is 0 Å². The zero-order valence-corrected chi connectivity index (χ0v) is 12.5. The molecule has 2 bridgehead atoms. The van der Waals surface area contributed by atoms with Gasteiger partial charge in [0.25, 0.3) is 0 Å². The molecule has 2 fully saturated rings. The summed E-state index contributed by atoms with van der Waals surface area (Å²) >= 11 is 0. The van der Waals surface area contributed by atoms with Crippen LogP contribution in [0, 0.1) is 16.7 Å². The maximum absolute atomic E-state index is 4.28. The first kappa shape index (κ1) is 13.2. The zero-order valence-electron chi connectivity index (χ0n) is 12.5. The van der Waals surface area contributed by atoms with E-state index < -0.39 is 0 Å². The fourth-order valence-corrected chi connectivity index (χ4v) is 4.75. The summed E-state index contributed by atoms with van der Waals surface area (Å²) in [6.45, 7) is 8.53. The molecule has 1 heterocycles. The van der Waals surface area contributed by atoms with Crippen LogP contribution < -0.4 is 5.32 Å². The molecule has 106 valence electrons. The summed E-state index contributed by atoms with van der Waals surface area (Å²) in [4.78, 5) is 7.46. The predicted octanol–water partition coefficient (Wildman–Crippen LogP) is 3.15. The van der Waals surface area contributed by atoms with Crippen LogP contribution in [0.1, 0.15) is 52.3 Å². The number of imidazole rings is 1. The van der Waals surface area contributed by atoms with Gasteiger partial charge in [-0.2, -0.15) is 0 Å². The Kier molecular flexibility index (Phi) is 3.20. The molecule has 3 rings (SSSR count). The monoisotopic (exact) mass is 261 g/mol. The van der Waals surface area contributed by atoms with Crippen LogP contribution in [0.15, 0.2) is 12.4 Å². The third kappa shape index (κ3) is 2.22. The molecule has 0 aromatic carbocycles. The molecule has 0 amide bonds. The summed E-state index contributed by atoms with van der Waals surface area (Å²) in [5, 5.41) is 3.86. The van der Waals surface area contributed by atoms with Crippen molar-refractivity contribution in [3.8, 4) is 0 Å². The molecule has 2 aliphatic carbocycles. The number of aryl methyl sites for hydroxylation is 1. The van der Waals surface area contributed by atoms with Crippen LogP contribution in [0.3, 0.4) is 0 Å². The number of rotatable bonds is 5. The van der Waals surface area contributed by atoms with Crippen LogP contribution in [-0.4, -0.2) is 22.6 Å². The molecule has 3 nitrogen and oxygen atoms in total. The third-order valence-corrected chi connectivity index (χ3v) is 5.76. The van der Waals surface area contributed by atoms with Gasteiger partial charge in [0, 0.05) is 24.9 Å². The first-order valence-corrected chi connectivity index (χ1v) is 7.74. The molecule has 2 aliphatic rings. The Morgan fingerprint density at radius 1 is 1.42 bits per heavy atom. The molecule has 2 N–H and O–H groups in total. The van der Waals surface area contributed by atoms with Crippen LogP contribution in [0.25, 0.3) is 0 Å². The summed E-state index contributed by atoms with van der Waals surface area (Å²) in [7, 11) is 0. The topological polar surface area (TPSA) is 40.7 Å². The molecule has 0 saturated heterocycles. The van der Waals surface area contributed by atoms with E-state index in [0.29, 0.717) is 16.9 Å². The smallest absolute Gasteiger partial charge is 0.106 e. The van der Waals surface area contributed by atoms with Crippen molar-refractivity contribution in [3.63, 3.8) is 0 Å². The lowest BCUT2D eigenvalue weighted by molar-refractivity contribution is 0.109. The minimum absolute atomic E-state index is 0.470. The lowest BCUT2D eigenvalue weighted by Gasteiger charge is -2.43. The minimum atomic E-state index is 0.470. The van der Waals surface area contributed by atoms with Crippen LogP contribution in [-0.2, 0) is 6.42 Å². The average Bonchev–Trinajstić information content (AvgIpc) is 3.01. The van der Waals surface area contributed by atoms with Crippen LogP contribution in [0.5, 0.6) is 0 Å². The molecule has 1 aromatic heterocycles. The Morgan fingerprint density at radius 2 is 2.26 bits per heavy atom. The second-order valence-electron chi connectivity index (χ2n) is 7.44. The van der Waals surface area contributed by atoms with Gasteiger partial charge in [0.2, 0.25) is 0 Å². The summed E-state index contributed by atoms with van der Waals surface area (Å²) in [6, 6.07) is 0.690. The highest BCUT2D eigenvalue weighted by Gasteiger charge is 2.58. The number of aromatic nitrogens is 2. The van der Waals surface area contributed by atoms with Crippen LogP contribution in [0.2, 0.25) is 0 Å². The molecule has 0 aliphatic heterocycles. The zero-order chi connectivity index (χ0) is 13.5. The summed E-state index contributed by atoms with van der Waals surface area (Å²) in [5.74, 6) is 2.04. The number of hydrogen-bond donors (Lipinski definition) is 2. The standard InChI is InChI=1S/C16H27N3/c1-15(2)12-6-7-16(3,11-12)14(15)19-8-4-5-13-17-9-10-18-13/h9-10,12,14,19H,4-8,11H2,1-3H3,(H,17,18). The fourth-order valence-electron chi connectivity index (χ4n) is 4.75. The van der Waals surface area contributed by atoms with Gasteiger partial charge in [0.1, 0.15) is 5.82 Å². The van der Waals surface area contributed by atoms with Crippen LogP contribution in [0.4, 0.5) is 0 Å². The molecule has 2 saturated carbocycles. The predicted molar refractivity (Wildman–Crippen MR) is 77.9 cm³/mol. The number of aromatic amines is 1. The minimum Gasteiger partial charge on any atom is -0.349 e. The molecular formula is C16H27N3. The lowest BCUT2D eigenvalue weighted by atomic mass is 9.68. The highest BCUT2D eigenvalue weighted by Crippen LogP contribution is 2.62. The van der Waals surface area contributed by atoms with Crippen LogP contribution >= 0.6 is 0 Å². The van der Waals surface area contributed by atoms with Crippen molar-refractivity contribution in [1.82, 2.24) is 15.3 Å². The Labute approximate surface area is 116 Å². The first-order valence-electron chi connectivity index (χ1n) is 7.74. The summed E-state index contributed by atoms with van der Waals surface area (Å²) in [6.07, 6.45) is 10.2. The SMILES string of the molecule is CC12CCC(C1)C(C)(C)C2NCCCc1ncc[nH]1. The van der Waals surface area contributed by atoms with E-state index in [1.807, 2.05) is 12.4 Å². The number of nitrogens with zero attached hydrogens (tertiary/aromatic N) is 1. The lowest BCUT2D eigenvalue weighted by Crippen LogP contribution is -2.50. The quantitative estimate of drug-likeness (QED) is 0.799. The summed E-state index contributed by atoms with van der Waals surface area (Å²) in [5.41, 5.74) is 1.01. The molecule has 3 unspecified atom stereocenters. The highest BCUT2D eigenvalue weighted by molar-refractivity contribution is 5.11. The van der Waals surface area contributed by atoms with Crippen molar-refractivity contribution in [2.45, 2.75) is 58.9 Å². The Hall–Kier alpha value is -0.830. The van der Waals surface area contributed by atoms with Gasteiger partial charge in [0.05, 0.1) is 0 Å². The molecule has 19 heavy (non-hydrogen) atoms. The second kappa shape index (κ2) is 4.62. The molecular weight excluding hydrogens is 234 g/mol. The van der Waals surface area contributed by atoms with E-state index in [2.05, 4.69) is 36.1 Å². The highest BCUT2D eigenvalue weighted by atomic mass is 15.0.